The highest BCUT2D eigenvalue weighted by Gasteiger charge is 2.20. The number of hydrogen-bond donors (Lipinski definition) is 2. The zero-order valence-electron chi connectivity index (χ0n) is 11.2. The van der Waals surface area contributed by atoms with Crippen molar-refractivity contribution < 1.29 is 9.15 Å². The van der Waals surface area contributed by atoms with E-state index in [4.69, 9.17) is 15.0 Å². The highest BCUT2D eigenvalue weighted by Crippen LogP contribution is 2.33. The molecule has 0 aliphatic heterocycles. The van der Waals surface area contributed by atoms with Gasteiger partial charge in [0.05, 0.1) is 19.4 Å². The molecule has 4 nitrogen and oxygen atoms in total. The van der Waals surface area contributed by atoms with Crippen LogP contribution in [0.4, 0.5) is 0 Å². The summed E-state index contributed by atoms with van der Waals surface area (Å²) in [6.45, 7) is 4.05. The molecule has 0 aliphatic carbocycles. The third-order valence-corrected chi connectivity index (χ3v) is 3.86. The Hall–Kier alpha value is -1.30. The monoisotopic (exact) mass is 324 g/mol. The van der Waals surface area contributed by atoms with Crippen LogP contribution in [0.3, 0.4) is 0 Å². The molecule has 3 N–H and O–H groups in total. The summed E-state index contributed by atoms with van der Waals surface area (Å²) in [5.41, 5.74) is 7.09. The van der Waals surface area contributed by atoms with Crippen LogP contribution in [0, 0.1) is 13.8 Å². The van der Waals surface area contributed by atoms with Crippen LogP contribution in [0.5, 0.6) is 5.75 Å². The molecule has 102 valence electrons. The zero-order valence-corrected chi connectivity index (χ0v) is 12.7. The van der Waals surface area contributed by atoms with E-state index in [1.165, 1.54) is 0 Å². The predicted octanol–water partition coefficient (Wildman–Crippen LogP) is 3.22. The predicted molar refractivity (Wildman–Crippen MR) is 78.0 cm³/mol. The van der Waals surface area contributed by atoms with Crippen LogP contribution in [0.25, 0.3) is 0 Å². The van der Waals surface area contributed by atoms with Gasteiger partial charge in [0.1, 0.15) is 5.75 Å². The number of furan rings is 1. The number of halogens is 1. The largest absolute Gasteiger partial charge is 0.496 e. The Morgan fingerprint density at radius 3 is 2.53 bits per heavy atom. The number of benzene rings is 1. The van der Waals surface area contributed by atoms with Crippen LogP contribution in [-0.4, -0.2) is 7.11 Å². The fraction of sp³-hybridized carbons (Fsp3) is 0.286. The van der Waals surface area contributed by atoms with Crippen molar-refractivity contribution in [3.63, 3.8) is 0 Å². The van der Waals surface area contributed by atoms with Gasteiger partial charge in [-0.15, -0.1) is 0 Å². The molecule has 1 unspecified atom stereocenters. The van der Waals surface area contributed by atoms with Crippen LogP contribution in [0.1, 0.15) is 28.3 Å². The maximum atomic E-state index is 5.71. The second-order valence-corrected chi connectivity index (χ2v) is 5.15. The van der Waals surface area contributed by atoms with Gasteiger partial charge in [0.25, 0.3) is 0 Å². The standard InChI is InChI=1S/C14H17BrN2O2/c1-8-7-12(18-3)9(2)6-11(8)13(17-16)10-4-5-19-14(10)15/h4-7,13,17H,16H2,1-3H3. The number of hydrogen-bond acceptors (Lipinski definition) is 4. The second-order valence-electron chi connectivity index (χ2n) is 4.43. The molecule has 0 radical (unpaired) electrons. The van der Waals surface area contributed by atoms with Gasteiger partial charge in [0.15, 0.2) is 4.67 Å². The minimum absolute atomic E-state index is 0.127. The van der Waals surface area contributed by atoms with Crippen molar-refractivity contribution >= 4 is 15.9 Å². The molecule has 0 aliphatic rings. The summed E-state index contributed by atoms with van der Waals surface area (Å²) in [5, 5.41) is 0. The minimum atomic E-state index is -0.127. The van der Waals surface area contributed by atoms with Crippen molar-refractivity contribution in [2.75, 3.05) is 7.11 Å². The Labute approximate surface area is 121 Å². The van der Waals surface area contributed by atoms with E-state index in [1.54, 1.807) is 13.4 Å². The maximum absolute atomic E-state index is 5.71. The van der Waals surface area contributed by atoms with Gasteiger partial charge in [-0.25, -0.2) is 5.43 Å². The van der Waals surface area contributed by atoms with Gasteiger partial charge in [0.2, 0.25) is 0 Å². The highest BCUT2D eigenvalue weighted by atomic mass is 79.9. The average Bonchev–Trinajstić information content (AvgIpc) is 2.80. The molecule has 2 rings (SSSR count). The zero-order chi connectivity index (χ0) is 14.0. The van der Waals surface area contributed by atoms with Crippen LogP contribution < -0.4 is 16.0 Å². The number of rotatable bonds is 4. The quantitative estimate of drug-likeness (QED) is 0.669. The van der Waals surface area contributed by atoms with Crippen molar-refractivity contribution in [1.29, 1.82) is 0 Å². The molecular weight excluding hydrogens is 308 g/mol. The smallest absolute Gasteiger partial charge is 0.174 e. The molecule has 5 heteroatoms. The summed E-state index contributed by atoms with van der Waals surface area (Å²) in [7, 11) is 1.67. The number of hydrazine groups is 1. The normalized spacial score (nSPS) is 12.5. The number of nitrogens with one attached hydrogen (secondary N) is 1. The summed E-state index contributed by atoms with van der Waals surface area (Å²) < 4.78 is 11.3. The third kappa shape index (κ3) is 2.68. The summed E-state index contributed by atoms with van der Waals surface area (Å²) >= 11 is 3.39. The Kier molecular flexibility index (Phi) is 4.29. The molecule has 1 heterocycles. The van der Waals surface area contributed by atoms with Crippen LogP contribution in [0.2, 0.25) is 0 Å². The Bertz CT molecular complexity index is 581. The molecule has 1 aromatic heterocycles. The number of aryl methyl sites for hydroxylation is 2. The van der Waals surface area contributed by atoms with Crippen molar-refractivity contribution in [1.82, 2.24) is 5.43 Å². The molecule has 0 saturated carbocycles. The van der Waals surface area contributed by atoms with Crippen molar-refractivity contribution in [3.05, 3.63) is 51.4 Å². The molecule has 1 atom stereocenters. The van der Waals surface area contributed by atoms with Gasteiger partial charge in [-0.1, -0.05) is 6.07 Å². The third-order valence-electron chi connectivity index (χ3n) is 3.22. The van der Waals surface area contributed by atoms with Gasteiger partial charge < -0.3 is 9.15 Å². The van der Waals surface area contributed by atoms with E-state index in [-0.39, 0.29) is 6.04 Å². The van der Waals surface area contributed by atoms with E-state index in [0.29, 0.717) is 4.67 Å². The minimum Gasteiger partial charge on any atom is -0.496 e. The lowest BCUT2D eigenvalue weighted by molar-refractivity contribution is 0.411. The number of ether oxygens (including phenoxy) is 1. The average molecular weight is 325 g/mol. The van der Waals surface area contributed by atoms with Gasteiger partial charge in [-0.2, -0.15) is 0 Å². The molecule has 2 aromatic rings. The highest BCUT2D eigenvalue weighted by molar-refractivity contribution is 9.10. The van der Waals surface area contributed by atoms with E-state index in [0.717, 1.165) is 28.0 Å². The summed E-state index contributed by atoms with van der Waals surface area (Å²) in [6.07, 6.45) is 1.63. The van der Waals surface area contributed by atoms with E-state index >= 15 is 0 Å². The Morgan fingerprint density at radius 1 is 1.26 bits per heavy atom. The van der Waals surface area contributed by atoms with Crippen molar-refractivity contribution in [2.45, 2.75) is 19.9 Å². The maximum Gasteiger partial charge on any atom is 0.174 e. The molecule has 0 fully saturated rings. The lowest BCUT2D eigenvalue weighted by Gasteiger charge is -2.19. The van der Waals surface area contributed by atoms with Crippen LogP contribution in [0.15, 0.2) is 33.5 Å². The summed E-state index contributed by atoms with van der Waals surface area (Å²) in [5.74, 6) is 6.59. The van der Waals surface area contributed by atoms with Gasteiger partial charge >= 0.3 is 0 Å². The van der Waals surface area contributed by atoms with E-state index in [1.807, 2.05) is 26.0 Å². The second kappa shape index (κ2) is 5.77. The number of nitrogens with two attached hydrogens (primary N) is 1. The number of methoxy groups -OCH3 is 1. The van der Waals surface area contributed by atoms with Gasteiger partial charge in [-0.05, 0) is 58.6 Å². The molecule has 19 heavy (non-hydrogen) atoms. The molecule has 0 saturated heterocycles. The first-order chi connectivity index (χ1) is 9.08. The van der Waals surface area contributed by atoms with Gasteiger partial charge in [0, 0.05) is 5.56 Å². The first kappa shape index (κ1) is 14.1. The topological polar surface area (TPSA) is 60.4 Å². The Balaban J connectivity index is 2.50. The van der Waals surface area contributed by atoms with Crippen LogP contribution in [-0.2, 0) is 0 Å². The summed E-state index contributed by atoms with van der Waals surface area (Å²) in [4.78, 5) is 0. The molecule has 1 aromatic carbocycles. The first-order valence-corrected chi connectivity index (χ1v) is 6.72. The van der Waals surface area contributed by atoms with E-state index in [9.17, 15) is 0 Å². The molecular formula is C14H17BrN2O2. The fourth-order valence-corrected chi connectivity index (χ4v) is 2.67. The lowest BCUT2D eigenvalue weighted by atomic mass is 9.95. The fourth-order valence-electron chi connectivity index (χ4n) is 2.20. The molecule has 0 amide bonds. The molecule has 0 bridgehead atoms. The van der Waals surface area contributed by atoms with Crippen molar-refractivity contribution in [2.24, 2.45) is 5.84 Å². The van der Waals surface area contributed by atoms with E-state index in [2.05, 4.69) is 27.4 Å². The Morgan fingerprint density at radius 2 is 2.00 bits per heavy atom. The summed E-state index contributed by atoms with van der Waals surface area (Å²) in [6, 6.07) is 5.87. The van der Waals surface area contributed by atoms with Gasteiger partial charge in [-0.3, -0.25) is 5.84 Å². The van der Waals surface area contributed by atoms with Crippen molar-refractivity contribution in [3.8, 4) is 5.75 Å². The lowest BCUT2D eigenvalue weighted by Crippen LogP contribution is -2.29. The SMILES string of the molecule is COc1cc(C)c(C(NN)c2ccoc2Br)cc1C. The van der Waals surface area contributed by atoms with Crippen LogP contribution >= 0.6 is 15.9 Å². The first-order valence-electron chi connectivity index (χ1n) is 5.92. The van der Waals surface area contributed by atoms with E-state index < -0.39 is 0 Å². The molecule has 0 spiro atoms.